The van der Waals surface area contributed by atoms with Gasteiger partial charge in [-0.2, -0.15) is 0 Å². The van der Waals surface area contributed by atoms with Crippen molar-refractivity contribution in [1.82, 2.24) is 0 Å². The molecule has 3 heteroatoms. The van der Waals surface area contributed by atoms with Crippen LogP contribution < -0.4 is 4.90 Å². The van der Waals surface area contributed by atoms with E-state index in [1.54, 1.807) is 0 Å². The molecular formula is C16H23NO2. The van der Waals surface area contributed by atoms with Gasteiger partial charge in [0.05, 0.1) is 11.5 Å². The molecule has 0 bridgehead atoms. The zero-order valence-corrected chi connectivity index (χ0v) is 12.2. The van der Waals surface area contributed by atoms with Crippen molar-refractivity contribution in [3.8, 4) is 0 Å². The summed E-state index contributed by atoms with van der Waals surface area (Å²) < 4.78 is 0. The molecule has 0 saturated carbocycles. The second-order valence-electron chi connectivity index (χ2n) is 5.76. The highest BCUT2D eigenvalue weighted by Crippen LogP contribution is 2.42. The van der Waals surface area contributed by atoms with Crippen molar-refractivity contribution in [3.05, 3.63) is 29.3 Å². The van der Waals surface area contributed by atoms with E-state index in [9.17, 15) is 9.90 Å². The molecule has 0 fully saturated rings. The van der Waals surface area contributed by atoms with Gasteiger partial charge in [-0.1, -0.05) is 25.5 Å². The maximum Gasteiger partial charge on any atom is 0.237 e. The van der Waals surface area contributed by atoms with E-state index in [-0.39, 0.29) is 5.91 Å². The highest BCUT2D eigenvalue weighted by molar-refractivity contribution is 6.07. The molecule has 2 rings (SSSR count). The van der Waals surface area contributed by atoms with E-state index in [1.807, 2.05) is 43.9 Å². The number of aliphatic hydroxyl groups excluding tert-OH is 1. The summed E-state index contributed by atoms with van der Waals surface area (Å²) in [5.74, 6) is 0.145. The third-order valence-electron chi connectivity index (χ3n) is 4.03. The molecule has 0 spiro atoms. The van der Waals surface area contributed by atoms with Crippen LogP contribution in [0.25, 0.3) is 0 Å². The molecule has 1 heterocycles. The lowest BCUT2D eigenvalue weighted by molar-refractivity contribution is -0.122. The zero-order chi connectivity index (χ0) is 14.2. The summed E-state index contributed by atoms with van der Waals surface area (Å²) >= 11 is 0. The Hall–Kier alpha value is -1.35. The van der Waals surface area contributed by atoms with E-state index in [4.69, 9.17) is 0 Å². The molecule has 3 nitrogen and oxygen atoms in total. The fraction of sp³-hybridized carbons (Fsp3) is 0.562. The summed E-state index contributed by atoms with van der Waals surface area (Å²) in [6.45, 7) is 8.65. The van der Waals surface area contributed by atoms with Gasteiger partial charge < -0.3 is 10.0 Å². The largest absolute Gasteiger partial charge is 0.388 e. The number of carbonyl (C=O) groups is 1. The van der Waals surface area contributed by atoms with Crippen LogP contribution >= 0.6 is 0 Å². The van der Waals surface area contributed by atoms with Crippen LogP contribution in [0.5, 0.6) is 0 Å². The van der Waals surface area contributed by atoms with Crippen LogP contribution in [0.15, 0.2) is 18.2 Å². The number of hydrogen-bond acceptors (Lipinski definition) is 2. The molecule has 0 radical (unpaired) electrons. The molecule has 1 unspecified atom stereocenters. The van der Waals surface area contributed by atoms with Crippen LogP contribution in [-0.4, -0.2) is 17.6 Å². The highest BCUT2D eigenvalue weighted by atomic mass is 16.3. The van der Waals surface area contributed by atoms with E-state index in [0.29, 0.717) is 6.54 Å². The van der Waals surface area contributed by atoms with Gasteiger partial charge in [-0.15, -0.1) is 0 Å². The molecule has 1 atom stereocenters. The Morgan fingerprint density at radius 2 is 2.00 bits per heavy atom. The predicted molar refractivity (Wildman–Crippen MR) is 77.4 cm³/mol. The van der Waals surface area contributed by atoms with E-state index in [0.717, 1.165) is 29.7 Å². The lowest BCUT2D eigenvalue weighted by Gasteiger charge is -2.18. The average molecular weight is 261 g/mol. The molecule has 1 aromatic carbocycles. The monoisotopic (exact) mass is 261 g/mol. The number of hydrogen-bond donors (Lipinski definition) is 1. The number of likely N-dealkylation sites (N-methyl/N-ethyl adjacent to an activating group) is 1. The quantitative estimate of drug-likeness (QED) is 0.904. The van der Waals surface area contributed by atoms with Crippen LogP contribution in [0.1, 0.15) is 57.8 Å². The van der Waals surface area contributed by atoms with Gasteiger partial charge in [-0.25, -0.2) is 0 Å². The van der Waals surface area contributed by atoms with Gasteiger partial charge >= 0.3 is 0 Å². The summed E-state index contributed by atoms with van der Waals surface area (Å²) in [7, 11) is 0. The van der Waals surface area contributed by atoms with Gasteiger partial charge in [-0.3, -0.25) is 4.79 Å². The molecule has 104 valence electrons. The first-order chi connectivity index (χ1) is 8.93. The second kappa shape index (κ2) is 4.97. The van der Waals surface area contributed by atoms with Crippen LogP contribution in [0.3, 0.4) is 0 Å². The molecule has 1 aliphatic rings. The summed E-state index contributed by atoms with van der Waals surface area (Å²) in [6.07, 6.45) is 1.27. The first-order valence-electron chi connectivity index (χ1n) is 7.07. The van der Waals surface area contributed by atoms with Crippen molar-refractivity contribution in [2.45, 2.75) is 52.1 Å². The van der Waals surface area contributed by atoms with Gasteiger partial charge in [0, 0.05) is 12.2 Å². The van der Waals surface area contributed by atoms with Crippen molar-refractivity contribution in [3.63, 3.8) is 0 Å². The van der Waals surface area contributed by atoms with Crippen molar-refractivity contribution in [1.29, 1.82) is 0 Å². The fourth-order valence-corrected chi connectivity index (χ4v) is 2.81. The molecule has 0 aromatic heterocycles. The maximum atomic E-state index is 12.4. The zero-order valence-electron chi connectivity index (χ0n) is 12.2. The third-order valence-corrected chi connectivity index (χ3v) is 4.03. The minimum Gasteiger partial charge on any atom is -0.388 e. The SMILES string of the molecule is CCCC(O)c1ccc2c(c1)C(C)(C)C(=O)N2CC. The molecular weight excluding hydrogens is 238 g/mol. The van der Waals surface area contributed by atoms with E-state index < -0.39 is 11.5 Å². The number of fused-ring (bicyclic) bond motifs is 1. The molecule has 0 aliphatic carbocycles. The van der Waals surface area contributed by atoms with Gasteiger partial charge in [-0.05, 0) is 44.4 Å². The van der Waals surface area contributed by atoms with Crippen LogP contribution in [-0.2, 0) is 10.2 Å². The number of benzene rings is 1. The van der Waals surface area contributed by atoms with Crippen molar-refractivity contribution in [2.24, 2.45) is 0 Å². The molecule has 1 aliphatic heterocycles. The second-order valence-corrected chi connectivity index (χ2v) is 5.76. The minimum absolute atomic E-state index is 0.145. The number of carbonyl (C=O) groups excluding carboxylic acids is 1. The minimum atomic E-state index is -0.493. The summed E-state index contributed by atoms with van der Waals surface area (Å²) in [4.78, 5) is 14.2. The third kappa shape index (κ3) is 2.16. The lowest BCUT2D eigenvalue weighted by atomic mass is 9.84. The number of anilines is 1. The predicted octanol–water partition coefficient (Wildman–Crippen LogP) is 3.16. The van der Waals surface area contributed by atoms with E-state index >= 15 is 0 Å². The standard InChI is InChI=1S/C16H23NO2/c1-5-7-14(18)11-8-9-13-12(10-11)16(3,4)15(19)17(13)6-2/h8-10,14,18H,5-7H2,1-4H3. The molecule has 1 amide bonds. The Balaban J connectivity index is 2.46. The van der Waals surface area contributed by atoms with Gasteiger partial charge in [0.2, 0.25) is 5.91 Å². The van der Waals surface area contributed by atoms with Gasteiger partial charge in [0.1, 0.15) is 0 Å². The normalized spacial score (nSPS) is 18.6. The number of aliphatic hydroxyl groups is 1. The Labute approximate surface area is 115 Å². The van der Waals surface area contributed by atoms with Crippen molar-refractivity contribution in [2.75, 3.05) is 11.4 Å². The first-order valence-corrected chi connectivity index (χ1v) is 7.07. The van der Waals surface area contributed by atoms with Crippen LogP contribution in [0, 0.1) is 0 Å². The van der Waals surface area contributed by atoms with E-state index in [1.165, 1.54) is 0 Å². The average Bonchev–Trinajstić information content (AvgIpc) is 2.57. The highest BCUT2D eigenvalue weighted by Gasteiger charge is 2.43. The Bertz CT molecular complexity index is 494. The summed E-state index contributed by atoms with van der Waals surface area (Å²) in [5, 5.41) is 10.1. The number of rotatable bonds is 4. The Morgan fingerprint density at radius 1 is 1.32 bits per heavy atom. The van der Waals surface area contributed by atoms with Gasteiger partial charge in [0.15, 0.2) is 0 Å². The Kier molecular flexibility index (Phi) is 3.68. The van der Waals surface area contributed by atoms with Crippen molar-refractivity contribution < 1.29 is 9.90 Å². The first kappa shape index (κ1) is 14.1. The van der Waals surface area contributed by atoms with Gasteiger partial charge in [0.25, 0.3) is 0 Å². The smallest absolute Gasteiger partial charge is 0.237 e. The molecule has 1 aromatic rings. The fourth-order valence-electron chi connectivity index (χ4n) is 2.81. The number of nitrogens with zero attached hydrogens (tertiary/aromatic N) is 1. The lowest BCUT2D eigenvalue weighted by Crippen LogP contribution is -2.35. The summed E-state index contributed by atoms with van der Waals surface area (Å²) in [5.41, 5.74) is 2.45. The Morgan fingerprint density at radius 3 is 2.58 bits per heavy atom. The molecule has 19 heavy (non-hydrogen) atoms. The summed E-state index contributed by atoms with van der Waals surface area (Å²) in [6, 6.07) is 5.92. The van der Waals surface area contributed by atoms with Crippen LogP contribution in [0.2, 0.25) is 0 Å². The van der Waals surface area contributed by atoms with Crippen molar-refractivity contribution >= 4 is 11.6 Å². The topological polar surface area (TPSA) is 40.5 Å². The molecule has 1 N–H and O–H groups in total. The maximum absolute atomic E-state index is 12.4. The number of amides is 1. The molecule has 0 saturated heterocycles. The van der Waals surface area contributed by atoms with E-state index in [2.05, 4.69) is 6.92 Å². The van der Waals surface area contributed by atoms with Crippen LogP contribution in [0.4, 0.5) is 5.69 Å².